The lowest BCUT2D eigenvalue weighted by molar-refractivity contribution is -0.118. The monoisotopic (exact) mass is 411 g/mol. The smallest absolute Gasteiger partial charge is 0.240 e. The van der Waals surface area contributed by atoms with Gasteiger partial charge in [-0.1, -0.05) is 13.0 Å². The van der Waals surface area contributed by atoms with E-state index >= 15 is 0 Å². The number of fused-ring (bicyclic) bond motifs is 2. The molecule has 0 spiro atoms. The summed E-state index contributed by atoms with van der Waals surface area (Å²) in [5.41, 5.74) is 5.97. The molecule has 1 aromatic heterocycles. The van der Waals surface area contributed by atoms with Crippen LogP contribution in [0.4, 0.5) is 5.69 Å². The fourth-order valence-corrected chi connectivity index (χ4v) is 4.94. The van der Waals surface area contributed by atoms with Crippen molar-refractivity contribution in [3.8, 4) is 0 Å². The molecule has 0 radical (unpaired) electrons. The second kappa shape index (κ2) is 7.31. The molecule has 2 aromatic carbocycles. The van der Waals surface area contributed by atoms with Gasteiger partial charge in [0, 0.05) is 41.8 Å². The molecule has 1 aliphatic heterocycles. The molecule has 2 heterocycles. The fraction of sp³-hybridized carbons (Fsp3) is 0.318. The van der Waals surface area contributed by atoms with Crippen LogP contribution in [0, 0.1) is 13.8 Å². The van der Waals surface area contributed by atoms with Crippen LogP contribution in [0.2, 0.25) is 0 Å². The molecular weight excluding hydrogens is 386 g/mol. The first-order valence-corrected chi connectivity index (χ1v) is 11.3. The minimum atomic E-state index is -3.64. The summed E-state index contributed by atoms with van der Waals surface area (Å²) in [6, 6.07) is 10.9. The van der Waals surface area contributed by atoms with Crippen molar-refractivity contribution in [2.24, 2.45) is 0 Å². The van der Waals surface area contributed by atoms with Gasteiger partial charge < -0.3 is 9.88 Å². The molecule has 0 bridgehead atoms. The molecule has 1 aliphatic rings. The number of anilines is 1. The zero-order valence-corrected chi connectivity index (χ0v) is 17.7. The van der Waals surface area contributed by atoms with Gasteiger partial charge in [-0.3, -0.25) is 4.79 Å². The Bertz CT molecular complexity index is 1210. The number of nitrogens with one attached hydrogen (secondary N) is 2. The summed E-state index contributed by atoms with van der Waals surface area (Å²) < 4.78 is 28.3. The zero-order valence-electron chi connectivity index (χ0n) is 16.9. The highest BCUT2D eigenvalue weighted by atomic mass is 32.2. The molecule has 152 valence electrons. The number of aromatic amines is 1. The van der Waals surface area contributed by atoms with Crippen molar-refractivity contribution in [1.29, 1.82) is 0 Å². The van der Waals surface area contributed by atoms with Crippen molar-refractivity contribution >= 4 is 32.5 Å². The molecule has 6 nitrogen and oxygen atoms in total. The number of aromatic nitrogens is 1. The van der Waals surface area contributed by atoms with Crippen molar-refractivity contribution in [2.45, 2.75) is 45.1 Å². The number of H-pyrrole nitrogens is 1. The molecule has 29 heavy (non-hydrogen) atoms. The second-order valence-electron chi connectivity index (χ2n) is 7.52. The van der Waals surface area contributed by atoms with Crippen LogP contribution in [-0.2, 0) is 27.8 Å². The third-order valence-electron chi connectivity index (χ3n) is 5.70. The zero-order chi connectivity index (χ0) is 20.8. The van der Waals surface area contributed by atoms with Crippen molar-refractivity contribution in [3.63, 3.8) is 0 Å². The maximum atomic E-state index is 12.8. The van der Waals surface area contributed by atoms with Crippen LogP contribution in [0.25, 0.3) is 10.9 Å². The standard InChI is InChI=1S/C22H25N3O3S/c1-4-22(26)25-10-9-17-12-18(6-8-21(17)25)29(27,28)23-13-16-5-7-20-19(11-16)14(2)15(3)24-20/h5-8,11-12,23-24H,4,9-10,13H2,1-3H3. The molecule has 0 unspecified atom stereocenters. The second-order valence-corrected chi connectivity index (χ2v) is 9.29. The maximum Gasteiger partial charge on any atom is 0.240 e. The summed E-state index contributed by atoms with van der Waals surface area (Å²) in [5.74, 6) is 0.0585. The lowest BCUT2D eigenvalue weighted by Gasteiger charge is -2.16. The average Bonchev–Trinajstić information content (AvgIpc) is 3.26. The number of hydrogen-bond donors (Lipinski definition) is 2. The van der Waals surface area contributed by atoms with E-state index in [0.717, 1.165) is 33.4 Å². The first-order chi connectivity index (χ1) is 13.8. The first kappa shape index (κ1) is 19.7. The summed E-state index contributed by atoms with van der Waals surface area (Å²) in [4.78, 5) is 17.3. The van der Waals surface area contributed by atoms with Gasteiger partial charge in [-0.25, -0.2) is 13.1 Å². The van der Waals surface area contributed by atoms with Gasteiger partial charge >= 0.3 is 0 Å². The lowest BCUT2D eigenvalue weighted by atomic mass is 10.1. The van der Waals surface area contributed by atoms with E-state index in [-0.39, 0.29) is 17.3 Å². The number of amides is 1. The Morgan fingerprint density at radius 3 is 2.72 bits per heavy atom. The molecule has 0 aliphatic carbocycles. The highest BCUT2D eigenvalue weighted by molar-refractivity contribution is 7.89. The lowest BCUT2D eigenvalue weighted by Crippen LogP contribution is -2.27. The van der Waals surface area contributed by atoms with Crippen LogP contribution in [-0.4, -0.2) is 25.9 Å². The van der Waals surface area contributed by atoms with Gasteiger partial charge in [0.2, 0.25) is 15.9 Å². The van der Waals surface area contributed by atoms with E-state index in [1.807, 2.05) is 32.0 Å². The van der Waals surface area contributed by atoms with Crippen molar-refractivity contribution < 1.29 is 13.2 Å². The summed E-state index contributed by atoms with van der Waals surface area (Å²) in [7, 11) is -3.64. The Morgan fingerprint density at radius 2 is 1.97 bits per heavy atom. The summed E-state index contributed by atoms with van der Waals surface area (Å²) in [6.07, 6.45) is 1.11. The minimum Gasteiger partial charge on any atom is -0.358 e. The van der Waals surface area contributed by atoms with E-state index in [0.29, 0.717) is 19.4 Å². The quantitative estimate of drug-likeness (QED) is 0.673. The first-order valence-electron chi connectivity index (χ1n) is 9.81. The van der Waals surface area contributed by atoms with Crippen LogP contribution in [0.3, 0.4) is 0 Å². The third kappa shape index (κ3) is 3.56. The molecule has 7 heteroatoms. The number of rotatable bonds is 5. The number of carbonyl (C=O) groups is 1. The largest absolute Gasteiger partial charge is 0.358 e. The van der Waals surface area contributed by atoms with Gasteiger partial charge in [0.15, 0.2) is 0 Å². The molecule has 0 atom stereocenters. The van der Waals surface area contributed by atoms with Gasteiger partial charge in [0.1, 0.15) is 0 Å². The molecule has 0 saturated carbocycles. The normalized spacial score (nSPS) is 13.8. The number of sulfonamides is 1. The van der Waals surface area contributed by atoms with E-state index in [2.05, 4.69) is 16.6 Å². The highest BCUT2D eigenvalue weighted by Gasteiger charge is 2.25. The number of hydrogen-bond acceptors (Lipinski definition) is 3. The van der Waals surface area contributed by atoms with E-state index in [4.69, 9.17) is 0 Å². The van der Waals surface area contributed by atoms with Gasteiger partial charge in [-0.15, -0.1) is 0 Å². The molecule has 3 aromatic rings. The van der Waals surface area contributed by atoms with Gasteiger partial charge in [0.05, 0.1) is 4.90 Å². The fourth-order valence-electron chi connectivity index (χ4n) is 3.88. The van der Waals surface area contributed by atoms with Gasteiger partial charge in [0.25, 0.3) is 0 Å². The van der Waals surface area contributed by atoms with Crippen LogP contribution >= 0.6 is 0 Å². The third-order valence-corrected chi connectivity index (χ3v) is 7.10. The molecule has 0 saturated heterocycles. The summed E-state index contributed by atoms with van der Waals surface area (Å²) >= 11 is 0. The number of carbonyl (C=O) groups excluding carboxylic acids is 1. The number of benzene rings is 2. The Hall–Kier alpha value is -2.64. The van der Waals surface area contributed by atoms with Crippen molar-refractivity contribution in [2.75, 3.05) is 11.4 Å². The predicted octanol–water partition coefficient (Wildman–Crippen LogP) is 3.56. The van der Waals surface area contributed by atoms with Crippen molar-refractivity contribution in [3.05, 3.63) is 58.8 Å². The molecule has 2 N–H and O–H groups in total. The Balaban J connectivity index is 1.54. The molecule has 4 rings (SSSR count). The predicted molar refractivity (Wildman–Crippen MR) is 115 cm³/mol. The minimum absolute atomic E-state index is 0.0585. The van der Waals surface area contributed by atoms with Gasteiger partial charge in [-0.05, 0) is 67.3 Å². The summed E-state index contributed by atoms with van der Waals surface area (Å²) in [5, 5.41) is 1.11. The molecular formula is C22H25N3O3S. The Labute approximate surface area is 171 Å². The average molecular weight is 412 g/mol. The van der Waals surface area contributed by atoms with E-state index in [1.54, 1.807) is 23.1 Å². The molecule has 0 fully saturated rings. The Morgan fingerprint density at radius 1 is 1.17 bits per heavy atom. The topological polar surface area (TPSA) is 82.3 Å². The van der Waals surface area contributed by atoms with Crippen LogP contribution in [0.1, 0.15) is 35.7 Å². The van der Waals surface area contributed by atoms with E-state index in [1.165, 1.54) is 5.56 Å². The Kier molecular flexibility index (Phi) is 4.96. The molecule has 1 amide bonds. The van der Waals surface area contributed by atoms with Crippen LogP contribution in [0.5, 0.6) is 0 Å². The van der Waals surface area contributed by atoms with E-state index in [9.17, 15) is 13.2 Å². The number of aryl methyl sites for hydroxylation is 2. The maximum absolute atomic E-state index is 12.8. The van der Waals surface area contributed by atoms with E-state index < -0.39 is 10.0 Å². The number of nitrogens with zero attached hydrogens (tertiary/aromatic N) is 1. The van der Waals surface area contributed by atoms with Gasteiger partial charge in [-0.2, -0.15) is 0 Å². The highest BCUT2D eigenvalue weighted by Crippen LogP contribution is 2.30. The van der Waals surface area contributed by atoms with Crippen molar-refractivity contribution in [1.82, 2.24) is 9.71 Å². The van der Waals surface area contributed by atoms with Crippen LogP contribution in [0.15, 0.2) is 41.3 Å². The SMILES string of the molecule is CCC(=O)N1CCc2cc(S(=O)(=O)NCc3ccc4[nH]c(C)c(C)c4c3)ccc21. The van der Waals surface area contributed by atoms with Crippen LogP contribution < -0.4 is 9.62 Å². The summed E-state index contributed by atoms with van der Waals surface area (Å²) in [6.45, 7) is 6.74.